The van der Waals surface area contributed by atoms with Crippen LogP contribution in [0.2, 0.25) is 0 Å². The van der Waals surface area contributed by atoms with Crippen molar-refractivity contribution < 1.29 is 27.4 Å². The Labute approximate surface area is 99.3 Å². The van der Waals surface area contributed by atoms with Gasteiger partial charge in [0, 0.05) is 0 Å². The van der Waals surface area contributed by atoms with E-state index in [1.54, 1.807) is 0 Å². The van der Waals surface area contributed by atoms with Crippen LogP contribution in [0.15, 0.2) is 6.20 Å². The van der Waals surface area contributed by atoms with Crippen molar-refractivity contribution in [2.75, 3.05) is 7.11 Å². The number of ether oxygens (including phenoxy) is 2. The van der Waals surface area contributed by atoms with Gasteiger partial charge in [0.1, 0.15) is 0 Å². The first-order valence-electron chi connectivity index (χ1n) is 4.25. The van der Waals surface area contributed by atoms with Gasteiger partial charge in [0.2, 0.25) is 0 Å². The van der Waals surface area contributed by atoms with Gasteiger partial charge in [-0.25, -0.2) is 0 Å². The molecule has 17 heavy (non-hydrogen) atoms. The van der Waals surface area contributed by atoms with E-state index >= 15 is 0 Å². The van der Waals surface area contributed by atoms with Gasteiger partial charge in [-0.2, -0.15) is 0 Å². The summed E-state index contributed by atoms with van der Waals surface area (Å²) in [5, 5.41) is 0. The monoisotopic (exact) mass is 269 g/mol. The van der Waals surface area contributed by atoms with Crippen LogP contribution in [0.25, 0.3) is 0 Å². The predicted molar refractivity (Wildman–Crippen MR) is 52.4 cm³/mol. The Morgan fingerprint density at radius 3 is 2.59 bits per heavy atom. The molecule has 0 bridgehead atoms. The summed E-state index contributed by atoms with van der Waals surface area (Å²) < 4.78 is 44.5. The van der Waals surface area contributed by atoms with E-state index in [0.29, 0.717) is 6.29 Å². The lowest BCUT2D eigenvalue weighted by Gasteiger charge is -2.14. The molecule has 0 aromatic carbocycles. The van der Waals surface area contributed by atoms with Gasteiger partial charge in [-0.15, -0.1) is 24.8 Å². The first kappa shape index (κ1) is 13.6. The predicted octanol–water partition coefficient (Wildman–Crippen LogP) is 2.54. The zero-order chi connectivity index (χ0) is 13.1. The highest BCUT2D eigenvalue weighted by atomic mass is 35.5. The second kappa shape index (κ2) is 5.22. The summed E-state index contributed by atoms with van der Waals surface area (Å²) in [5.41, 5.74) is -0.0442. The van der Waals surface area contributed by atoms with E-state index in [9.17, 15) is 18.0 Å². The van der Waals surface area contributed by atoms with E-state index in [2.05, 4.69) is 9.72 Å². The fraction of sp³-hybridized carbons (Fsp3) is 0.333. The molecule has 94 valence electrons. The Morgan fingerprint density at radius 1 is 1.53 bits per heavy atom. The molecule has 0 aliphatic heterocycles. The van der Waals surface area contributed by atoms with Crippen LogP contribution in [-0.4, -0.2) is 24.7 Å². The van der Waals surface area contributed by atoms with Gasteiger partial charge in [-0.1, -0.05) is 0 Å². The molecule has 4 nitrogen and oxygen atoms in total. The molecule has 0 fully saturated rings. The molecule has 1 aromatic rings. The lowest BCUT2D eigenvalue weighted by atomic mass is 10.2. The Bertz CT molecular complexity index is 423. The van der Waals surface area contributed by atoms with Crippen LogP contribution >= 0.6 is 11.6 Å². The highest BCUT2D eigenvalue weighted by Crippen LogP contribution is 2.35. The fourth-order valence-corrected chi connectivity index (χ4v) is 1.38. The minimum Gasteiger partial charge on any atom is -0.492 e. The van der Waals surface area contributed by atoms with Crippen molar-refractivity contribution in [3.8, 4) is 11.5 Å². The largest absolute Gasteiger partial charge is 0.573 e. The number of hydrogen-bond donors (Lipinski definition) is 0. The molecule has 0 N–H and O–H groups in total. The first-order chi connectivity index (χ1) is 7.92. The summed E-state index contributed by atoms with van der Waals surface area (Å²) >= 11 is 5.49. The van der Waals surface area contributed by atoms with Gasteiger partial charge in [-0.3, -0.25) is 9.78 Å². The summed E-state index contributed by atoms with van der Waals surface area (Å²) in [5.74, 6) is -1.16. The maximum atomic E-state index is 12.1. The molecule has 1 aromatic heterocycles. The summed E-state index contributed by atoms with van der Waals surface area (Å²) in [6.07, 6.45) is -3.78. The van der Waals surface area contributed by atoms with Crippen LogP contribution < -0.4 is 9.47 Å². The number of carbonyl (C=O) groups is 1. The first-order valence-corrected chi connectivity index (χ1v) is 4.79. The molecule has 0 spiro atoms. The number of methoxy groups -OCH3 is 1. The van der Waals surface area contributed by atoms with Crippen LogP contribution in [0.4, 0.5) is 13.2 Å². The molecule has 1 heterocycles. The number of nitrogens with zero attached hydrogens (tertiary/aromatic N) is 1. The molecular weight excluding hydrogens is 263 g/mol. The minimum atomic E-state index is -4.89. The topological polar surface area (TPSA) is 48.4 Å². The Hall–Kier alpha value is -1.50. The Balaban J connectivity index is 3.28. The van der Waals surface area contributed by atoms with Crippen LogP contribution in [0.5, 0.6) is 11.5 Å². The standard InChI is InChI=1S/C9H7ClF3NO3/c1-16-8-5(4-15)6(2-10)14-3-7(8)17-9(11,12)13/h3-4H,2H2,1H3. The number of hydrogen-bond acceptors (Lipinski definition) is 4. The smallest absolute Gasteiger partial charge is 0.492 e. The zero-order valence-electron chi connectivity index (χ0n) is 8.55. The molecule has 0 saturated carbocycles. The average Bonchev–Trinajstić information content (AvgIpc) is 2.26. The lowest BCUT2D eigenvalue weighted by Crippen LogP contribution is -2.18. The number of rotatable bonds is 4. The van der Waals surface area contributed by atoms with Crippen LogP contribution in [0.3, 0.4) is 0 Å². The van der Waals surface area contributed by atoms with Crippen LogP contribution in [-0.2, 0) is 5.88 Å². The molecule has 0 aliphatic rings. The number of carbonyl (C=O) groups excluding carboxylic acids is 1. The molecule has 0 radical (unpaired) electrons. The molecule has 1 rings (SSSR count). The maximum absolute atomic E-state index is 12.1. The number of halogens is 4. The van der Waals surface area contributed by atoms with Gasteiger partial charge in [0.05, 0.1) is 30.4 Å². The van der Waals surface area contributed by atoms with Gasteiger partial charge in [0.25, 0.3) is 0 Å². The average molecular weight is 270 g/mol. The molecule has 0 unspecified atom stereocenters. The third-order valence-electron chi connectivity index (χ3n) is 1.79. The van der Waals surface area contributed by atoms with E-state index in [-0.39, 0.29) is 22.9 Å². The molecule has 0 atom stereocenters. The van der Waals surface area contributed by atoms with Crippen molar-refractivity contribution in [3.05, 3.63) is 17.5 Å². The van der Waals surface area contributed by atoms with E-state index in [1.165, 1.54) is 0 Å². The number of aromatic nitrogens is 1. The van der Waals surface area contributed by atoms with Crippen molar-refractivity contribution >= 4 is 17.9 Å². The van der Waals surface area contributed by atoms with Crippen molar-refractivity contribution in [3.63, 3.8) is 0 Å². The van der Waals surface area contributed by atoms with E-state index in [1.807, 2.05) is 0 Å². The number of pyridine rings is 1. The molecule has 0 aliphatic carbocycles. The Kier molecular flexibility index (Phi) is 4.17. The number of alkyl halides is 4. The van der Waals surface area contributed by atoms with Gasteiger partial charge >= 0.3 is 6.36 Å². The van der Waals surface area contributed by atoms with Gasteiger partial charge in [-0.05, 0) is 0 Å². The summed E-state index contributed by atoms with van der Waals surface area (Å²) in [7, 11) is 1.11. The SMILES string of the molecule is COc1c(OC(F)(F)F)cnc(CCl)c1C=O. The molecule has 8 heteroatoms. The quantitative estimate of drug-likeness (QED) is 0.622. The molecular formula is C9H7ClF3NO3. The van der Waals surface area contributed by atoms with Crippen LogP contribution in [0, 0.1) is 0 Å². The van der Waals surface area contributed by atoms with Crippen LogP contribution in [0.1, 0.15) is 16.1 Å². The summed E-state index contributed by atoms with van der Waals surface area (Å²) in [6.45, 7) is 0. The van der Waals surface area contributed by atoms with E-state index in [0.717, 1.165) is 13.3 Å². The van der Waals surface area contributed by atoms with Crippen molar-refractivity contribution in [1.82, 2.24) is 4.98 Å². The lowest BCUT2D eigenvalue weighted by molar-refractivity contribution is -0.275. The second-order valence-electron chi connectivity index (χ2n) is 2.82. The van der Waals surface area contributed by atoms with E-state index < -0.39 is 12.1 Å². The van der Waals surface area contributed by atoms with Crippen molar-refractivity contribution in [2.45, 2.75) is 12.2 Å². The number of aldehydes is 1. The molecule has 0 amide bonds. The highest BCUT2D eigenvalue weighted by Gasteiger charge is 2.33. The van der Waals surface area contributed by atoms with Crippen molar-refractivity contribution in [1.29, 1.82) is 0 Å². The normalized spacial score (nSPS) is 11.1. The van der Waals surface area contributed by atoms with Gasteiger partial charge < -0.3 is 9.47 Å². The van der Waals surface area contributed by atoms with Gasteiger partial charge in [0.15, 0.2) is 17.8 Å². The van der Waals surface area contributed by atoms with E-state index in [4.69, 9.17) is 16.3 Å². The third kappa shape index (κ3) is 3.23. The zero-order valence-corrected chi connectivity index (χ0v) is 9.30. The third-order valence-corrected chi connectivity index (χ3v) is 2.04. The summed E-state index contributed by atoms with van der Waals surface area (Å²) in [4.78, 5) is 14.4. The minimum absolute atomic E-state index is 0.119. The fourth-order valence-electron chi connectivity index (χ4n) is 1.16. The maximum Gasteiger partial charge on any atom is 0.573 e. The van der Waals surface area contributed by atoms with Crippen molar-refractivity contribution in [2.24, 2.45) is 0 Å². The second-order valence-corrected chi connectivity index (χ2v) is 3.08. The summed E-state index contributed by atoms with van der Waals surface area (Å²) in [6, 6.07) is 0. The Morgan fingerprint density at radius 2 is 2.18 bits per heavy atom. The highest BCUT2D eigenvalue weighted by molar-refractivity contribution is 6.17. The molecule has 0 saturated heterocycles.